The van der Waals surface area contributed by atoms with E-state index in [0.29, 0.717) is 0 Å². The lowest BCUT2D eigenvalue weighted by molar-refractivity contribution is -0.144. The van der Waals surface area contributed by atoms with Gasteiger partial charge in [-0.25, -0.2) is 4.79 Å². The number of rotatable bonds is 17. The Balaban J connectivity index is 5.40. The highest BCUT2D eigenvalue weighted by molar-refractivity contribution is 5.95. The van der Waals surface area contributed by atoms with E-state index in [1.165, 1.54) is 0 Å². The summed E-state index contributed by atoms with van der Waals surface area (Å²) >= 11 is 0. The monoisotopic (exact) mass is 517 g/mol. The van der Waals surface area contributed by atoms with E-state index < -0.39 is 72.1 Å². The number of hydrogen-bond donors (Lipinski definition) is 9. The van der Waals surface area contributed by atoms with Crippen molar-refractivity contribution in [2.45, 2.75) is 70.1 Å². The summed E-state index contributed by atoms with van der Waals surface area (Å²) in [4.78, 5) is 74.9. The summed E-state index contributed by atoms with van der Waals surface area (Å²) < 4.78 is 0. The Bertz CT molecular complexity index is 843. The van der Waals surface area contributed by atoms with Gasteiger partial charge in [-0.2, -0.15) is 0 Å². The van der Waals surface area contributed by atoms with E-state index in [9.17, 15) is 33.9 Å². The van der Waals surface area contributed by atoms with E-state index in [0.717, 1.165) is 0 Å². The zero-order chi connectivity index (χ0) is 28.0. The van der Waals surface area contributed by atoms with Crippen molar-refractivity contribution in [1.29, 1.82) is 0 Å². The second-order valence-electron chi connectivity index (χ2n) is 8.28. The lowest BCUT2D eigenvalue weighted by atomic mass is 10.0. The number of carbonyl (C=O) groups excluding carboxylic acids is 3. The van der Waals surface area contributed by atoms with Gasteiger partial charge in [0.25, 0.3) is 0 Å². The topological polar surface area (TPSA) is 290 Å². The molecular weight excluding hydrogens is 482 g/mol. The number of guanidine groups is 1. The van der Waals surface area contributed by atoms with Crippen LogP contribution in [0.25, 0.3) is 0 Å². The number of hydrogen-bond acceptors (Lipinski definition) is 8. The average Bonchev–Trinajstić information content (AvgIpc) is 2.75. The molecule has 0 spiro atoms. The Morgan fingerprint density at radius 2 is 1.39 bits per heavy atom. The van der Waals surface area contributed by atoms with Crippen LogP contribution in [-0.2, 0) is 28.8 Å². The fourth-order valence-electron chi connectivity index (χ4n) is 2.88. The van der Waals surface area contributed by atoms with Gasteiger partial charge in [0.1, 0.15) is 18.1 Å². The molecule has 0 aromatic carbocycles. The van der Waals surface area contributed by atoms with Gasteiger partial charge in [0.05, 0.1) is 12.5 Å². The largest absolute Gasteiger partial charge is 0.481 e. The Morgan fingerprint density at radius 1 is 0.806 bits per heavy atom. The lowest BCUT2D eigenvalue weighted by Crippen LogP contribution is -2.58. The molecular formula is C20H35N7O9. The highest BCUT2D eigenvalue weighted by atomic mass is 16.4. The number of carbonyl (C=O) groups is 6. The van der Waals surface area contributed by atoms with E-state index >= 15 is 0 Å². The first-order valence-electron chi connectivity index (χ1n) is 11.0. The van der Waals surface area contributed by atoms with Crippen LogP contribution in [0.1, 0.15) is 46.0 Å². The maximum absolute atomic E-state index is 12.8. The molecule has 16 heteroatoms. The standard InChI is InChI=1S/C20H35N7O9/c1-9(2)15(27-16(32)10(21)5-6-13(28)29)18(34)26-12(8-14(30)31)17(33)25-11(19(35)36)4-3-7-24-20(22)23/h9-12,15H,3-8,21H2,1-2H3,(H,25,33)(H,26,34)(H,27,32)(H,28,29)(H,30,31)(H,35,36)(H4,22,23,24). The predicted molar refractivity (Wildman–Crippen MR) is 125 cm³/mol. The molecule has 0 heterocycles. The molecule has 0 fully saturated rings. The third kappa shape index (κ3) is 13.1. The van der Waals surface area contributed by atoms with E-state index in [1.54, 1.807) is 13.8 Å². The fourth-order valence-corrected chi connectivity index (χ4v) is 2.88. The van der Waals surface area contributed by atoms with Crippen LogP contribution >= 0.6 is 0 Å². The van der Waals surface area contributed by atoms with Gasteiger partial charge in [0.2, 0.25) is 17.7 Å². The Kier molecular flexibility index (Phi) is 14.1. The quantitative estimate of drug-likeness (QED) is 0.0526. The summed E-state index contributed by atoms with van der Waals surface area (Å²) in [6, 6.07) is -5.53. The zero-order valence-corrected chi connectivity index (χ0v) is 20.1. The molecule has 0 radical (unpaired) electrons. The van der Waals surface area contributed by atoms with Crippen LogP contribution in [0, 0.1) is 5.92 Å². The SMILES string of the molecule is CC(C)C(NC(=O)C(N)CCC(=O)O)C(=O)NC(CC(=O)O)C(=O)NC(CCCN=C(N)N)C(=O)O. The van der Waals surface area contributed by atoms with Gasteiger partial charge in [-0.05, 0) is 25.2 Å². The first-order chi connectivity index (χ1) is 16.6. The van der Waals surface area contributed by atoms with Crippen molar-refractivity contribution < 1.29 is 44.1 Å². The van der Waals surface area contributed by atoms with Crippen LogP contribution in [-0.4, -0.2) is 87.6 Å². The molecule has 0 rings (SSSR count). The van der Waals surface area contributed by atoms with Crippen molar-refractivity contribution >= 4 is 41.6 Å². The molecule has 3 amide bonds. The minimum atomic E-state index is -1.66. The number of carboxylic acids is 3. The van der Waals surface area contributed by atoms with Crippen LogP contribution in [0.4, 0.5) is 0 Å². The number of nitrogens with two attached hydrogens (primary N) is 3. The second-order valence-corrected chi connectivity index (χ2v) is 8.28. The number of nitrogens with zero attached hydrogens (tertiary/aromatic N) is 1. The Morgan fingerprint density at radius 3 is 1.86 bits per heavy atom. The average molecular weight is 518 g/mol. The van der Waals surface area contributed by atoms with Gasteiger partial charge in [-0.15, -0.1) is 0 Å². The molecule has 0 saturated heterocycles. The predicted octanol–water partition coefficient (Wildman–Crippen LogP) is -3.10. The van der Waals surface area contributed by atoms with Crippen molar-refractivity contribution in [2.24, 2.45) is 28.1 Å². The molecule has 4 atom stereocenters. The summed E-state index contributed by atoms with van der Waals surface area (Å²) in [5, 5.41) is 34.0. The second kappa shape index (κ2) is 15.9. The summed E-state index contributed by atoms with van der Waals surface area (Å²) in [5.74, 6) is -7.50. The van der Waals surface area contributed by atoms with Crippen molar-refractivity contribution in [3.05, 3.63) is 0 Å². The Hall–Kier alpha value is -3.95. The molecule has 0 bridgehead atoms. The summed E-state index contributed by atoms with van der Waals surface area (Å²) in [6.45, 7) is 3.23. The molecule has 0 aliphatic carbocycles. The van der Waals surface area contributed by atoms with Crippen molar-refractivity contribution in [1.82, 2.24) is 16.0 Å². The van der Waals surface area contributed by atoms with E-state index in [2.05, 4.69) is 20.9 Å². The summed E-state index contributed by atoms with van der Waals surface area (Å²) in [5.41, 5.74) is 16.0. The fraction of sp³-hybridized carbons (Fsp3) is 0.650. The molecule has 16 nitrogen and oxygen atoms in total. The number of carboxylic acid groups (broad SMARTS) is 3. The minimum absolute atomic E-state index is 0.0789. The molecule has 4 unspecified atom stereocenters. The molecule has 204 valence electrons. The van der Waals surface area contributed by atoms with Crippen molar-refractivity contribution in [3.63, 3.8) is 0 Å². The maximum atomic E-state index is 12.8. The van der Waals surface area contributed by atoms with Crippen molar-refractivity contribution in [2.75, 3.05) is 6.54 Å². The van der Waals surface area contributed by atoms with Crippen LogP contribution in [0.5, 0.6) is 0 Å². The van der Waals surface area contributed by atoms with Gasteiger partial charge in [-0.3, -0.25) is 29.0 Å². The first kappa shape index (κ1) is 32.0. The van der Waals surface area contributed by atoms with Crippen LogP contribution in [0.2, 0.25) is 0 Å². The van der Waals surface area contributed by atoms with Gasteiger partial charge in [0.15, 0.2) is 5.96 Å². The first-order valence-corrected chi connectivity index (χ1v) is 11.0. The number of nitrogens with one attached hydrogen (secondary N) is 3. The maximum Gasteiger partial charge on any atom is 0.326 e. The van der Waals surface area contributed by atoms with Gasteiger partial charge >= 0.3 is 17.9 Å². The third-order valence-electron chi connectivity index (χ3n) is 4.82. The van der Waals surface area contributed by atoms with Crippen LogP contribution < -0.4 is 33.2 Å². The lowest BCUT2D eigenvalue weighted by Gasteiger charge is -2.26. The zero-order valence-electron chi connectivity index (χ0n) is 20.1. The number of aliphatic imine (C=N–C) groups is 1. The minimum Gasteiger partial charge on any atom is -0.481 e. The van der Waals surface area contributed by atoms with Crippen molar-refractivity contribution in [3.8, 4) is 0 Å². The molecule has 12 N–H and O–H groups in total. The van der Waals surface area contributed by atoms with Gasteiger partial charge in [-0.1, -0.05) is 13.8 Å². The Labute approximate surface area is 207 Å². The molecule has 0 aliphatic heterocycles. The summed E-state index contributed by atoms with van der Waals surface area (Å²) in [6.07, 6.45) is -1.31. The molecule has 0 aromatic heterocycles. The highest BCUT2D eigenvalue weighted by Gasteiger charge is 2.32. The molecule has 36 heavy (non-hydrogen) atoms. The number of aliphatic carboxylic acids is 3. The third-order valence-corrected chi connectivity index (χ3v) is 4.82. The molecule has 0 aromatic rings. The highest BCUT2D eigenvalue weighted by Crippen LogP contribution is 2.07. The molecule has 0 saturated carbocycles. The van der Waals surface area contributed by atoms with E-state index in [-0.39, 0.29) is 38.2 Å². The van der Waals surface area contributed by atoms with E-state index in [4.69, 9.17) is 27.4 Å². The van der Waals surface area contributed by atoms with Gasteiger partial charge < -0.3 is 48.5 Å². The van der Waals surface area contributed by atoms with Gasteiger partial charge in [0, 0.05) is 13.0 Å². The van der Waals surface area contributed by atoms with Crippen LogP contribution in [0.15, 0.2) is 4.99 Å². The van der Waals surface area contributed by atoms with Crippen LogP contribution in [0.3, 0.4) is 0 Å². The smallest absolute Gasteiger partial charge is 0.326 e. The van der Waals surface area contributed by atoms with E-state index in [1.807, 2.05) is 0 Å². The number of amides is 3. The normalized spacial score (nSPS) is 14.0. The molecule has 0 aliphatic rings. The summed E-state index contributed by atoms with van der Waals surface area (Å²) in [7, 11) is 0.